The number of fused-ring (bicyclic) bond motifs is 3. The number of carboxylic acids is 1. The van der Waals surface area contributed by atoms with Crippen molar-refractivity contribution in [1.82, 2.24) is 29.8 Å². The fourth-order valence-electron chi connectivity index (χ4n) is 21.1. The summed E-state index contributed by atoms with van der Waals surface area (Å²) in [6, 6.07) is 20.2. The van der Waals surface area contributed by atoms with Gasteiger partial charge in [-0.2, -0.15) is 39.5 Å². The molecule has 0 bridgehead atoms. The summed E-state index contributed by atoms with van der Waals surface area (Å²) in [4.78, 5) is 84.1. The Labute approximate surface area is 775 Å². The third kappa shape index (κ3) is 24.3. The topological polar surface area (TPSA) is 228 Å². The van der Waals surface area contributed by atoms with Crippen LogP contribution in [0, 0.1) is 64.8 Å². The van der Waals surface area contributed by atoms with Crippen molar-refractivity contribution < 1.29 is 116 Å². The van der Waals surface area contributed by atoms with E-state index in [0.717, 1.165) is 136 Å². The van der Waals surface area contributed by atoms with E-state index in [2.05, 4.69) is 40.8 Å². The smallest absolute Gasteiger partial charge is 0.416 e. The number of aliphatic carboxylic acids is 1. The number of carboxylic acid groups (broad SMARTS) is 1. The Bertz CT molecular complexity index is 5110. The number of nitrogens with zero attached hydrogens (tertiary/aromatic N) is 5. The van der Waals surface area contributed by atoms with E-state index in [9.17, 15) is 96.8 Å². The van der Waals surface area contributed by atoms with E-state index in [1.54, 1.807) is 46.2 Å². The molecule has 6 aromatic carbocycles. The molecule has 10 aliphatic rings. The van der Waals surface area contributed by atoms with Gasteiger partial charge in [-0.3, -0.25) is 29.1 Å². The summed E-state index contributed by atoms with van der Waals surface area (Å²) in [5.41, 5.74) is 3.13. The Morgan fingerprint density at radius 1 is 0.523 bits per heavy atom. The summed E-state index contributed by atoms with van der Waals surface area (Å²) in [6.07, 6.45) is 0.156. The van der Waals surface area contributed by atoms with Crippen LogP contribution in [0.25, 0.3) is 0 Å². The summed E-state index contributed by atoms with van der Waals surface area (Å²) in [5.74, 6) is -2.72. The maximum Gasteiger partial charge on any atom is 0.416 e. The van der Waals surface area contributed by atoms with Gasteiger partial charge in [0.2, 0.25) is 11.8 Å². The molecule has 19 nitrogen and oxygen atoms in total. The summed E-state index contributed by atoms with van der Waals surface area (Å²) in [6.45, 7) is 13.8. The maximum atomic E-state index is 14.2. The number of likely N-dealkylation sites (tertiary alicyclic amines) is 3. The number of piperidine rings is 3. The number of aliphatic hydroxyl groups is 2. The zero-order valence-electron chi connectivity index (χ0n) is 74.5. The molecule has 720 valence electrons. The highest BCUT2D eigenvalue weighted by molar-refractivity contribution is 6.32. The van der Waals surface area contributed by atoms with E-state index in [1.165, 1.54) is 38.5 Å². The molecular formula is C98H115Cl3F12N6O13. The van der Waals surface area contributed by atoms with E-state index in [0.29, 0.717) is 138 Å². The van der Waals surface area contributed by atoms with Gasteiger partial charge in [-0.05, 0) is 318 Å². The number of nitrogens with one attached hydrogen (secondary N) is 1. The van der Waals surface area contributed by atoms with E-state index in [-0.39, 0.29) is 154 Å². The van der Waals surface area contributed by atoms with Gasteiger partial charge in [0.15, 0.2) is 17.2 Å². The lowest BCUT2D eigenvalue weighted by Gasteiger charge is -2.45. The van der Waals surface area contributed by atoms with Crippen molar-refractivity contribution in [3.63, 3.8) is 0 Å². The molecule has 7 aliphatic heterocycles. The van der Waals surface area contributed by atoms with Crippen molar-refractivity contribution in [3.05, 3.63) is 201 Å². The van der Waals surface area contributed by atoms with Gasteiger partial charge in [-0.25, -0.2) is 27.6 Å². The molecule has 34 heteroatoms. The summed E-state index contributed by atoms with van der Waals surface area (Å²) >= 11 is 18.2. The first-order chi connectivity index (χ1) is 62.7. The number of hydrogen-bond donors (Lipinski definition) is 4. The zero-order chi connectivity index (χ0) is 95.2. The van der Waals surface area contributed by atoms with Gasteiger partial charge in [0.05, 0.1) is 61.9 Å². The molecule has 132 heavy (non-hydrogen) atoms. The van der Waals surface area contributed by atoms with Gasteiger partial charge >= 0.3 is 36.4 Å². The first-order valence-electron chi connectivity index (χ1n) is 45.6. The normalized spacial score (nSPS) is 24.0. The molecule has 0 radical (unpaired) electrons. The fourth-order valence-corrected chi connectivity index (χ4v) is 22.1. The van der Waals surface area contributed by atoms with Crippen molar-refractivity contribution in [2.75, 3.05) is 92.9 Å². The lowest BCUT2D eigenvalue weighted by Crippen LogP contribution is -2.55. The van der Waals surface area contributed by atoms with Crippen LogP contribution in [0.5, 0.6) is 5.75 Å². The molecule has 7 heterocycles. The average molecular weight is 1920 g/mol. The highest BCUT2D eigenvalue weighted by atomic mass is 35.5. The van der Waals surface area contributed by atoms with Crippen LogP contribution < -0.4 is 10.1 Å². The highest BCUT2D eigenvalue weighted by Crippen LogP contribution is 2.50. The summed E-state index contributed by atoms with van der Waals surface area (Å²) in [7, 11) is 2.48. The predicted molar refractivity (Wildman–Crippen MR) is 471 cm³/mol. The lowest BCUT2D eigenvalue weighted by molar-refractivity contribution is -0.183. The number of carbonyl (C=O) groups excluding carboxylic acids is 5. The Morgan fingerprint density at radius 3 is 1.32 bits per heavy atom. The third-order valence-corrected chi connectivity index (χ3v) is 29.9. The standard InChI is InChI=1S/C33H39ClF4N2O4.C32H37ClF4N2O4.C23H30FNO5.C10H9ClF3N/c1-19-16-39(11-9-25(19)21-5-8-30(35)28(14-21)32(43)44-2)24(18-41)6-7-27(20-3-4-20)31(42)40-12-10-26-22(17-40)13-23(15-29(26)34)33(36,37)38;1-19-15-38(10-8-25(19)21-4-7-29(34)30(13-21)43-18-41)24(17-40)5-6-27(20-2-3-20)31(42)39-11-9-26-22(16-39)12-23(14-28(26)33)32(35,36)37;1-14-12-25(17-7-9-23(22(27)28,30-13-17)16-4-5-16)10-8-18(14)15-3-6-20(24)19(11-15)21(26)29-2;11-9-4-7(10(12,13)14)3-6-5-15-2-1-8(6)9/h5,8,13-15,19-20,24-25,27,41H,3-4,6-7,9-12,16-18H2,1-2H3;4,7,12-14,18-20,24-25,27,40H,2-3,5-6,8-11,15-17H2,1H3;3,6,11,14,16-18H,4-5,7-10,12-13H2,1-2H3,(H,27,28);3-4,15H,1-2,5H2/t2*19-,24+,25-,27+;14-,17+,18-,23-;/m000./s1. The Hall–Kier alpha value is -8.11. The molecular weight excluding hydrogens is 1800 g/mol. The molecule has 4 saturated heterocycles. The number of benzene rings is 6. The Kier molecular flexibility index (Phi) is 33.4. The largest absolute Gasteiger partial charge is 0.479 e. The lowest BCUT2D eigenvalue weighted by atomic mass is 9.80. The van der Waals surface area contributed by atoms with Crippen LogP contribution >= 0.6 is 34.8 Å². The molecule has 6 aromatic rings. The number of alkyl halides is 9. The number of carbonyl (C=O) groups is 6. The van der Waals surface area contributed by atoms with Crippen LogP contribution in [0.2, 0.25) is 15.1 Å². The van der Waals surface area contributed by atoms with Crippen LogP contribution in [0.1, 0.15) is 222 Å². The Balaban J connectivity index is 0.000000158. The van der Waals surface area contributed by atoms with Crippen LogP contribution in [0.4, 0.5) is 52.7 Å². The average Bonchev–Trinajstić information content (AvgIpc) is 1.53. The second-order valence-corrected chi connectivity index (χ2v) is 38.6. The predicted octanol–water partition coefficient (Wildman–Crippen LogP) is 19.1. The van der Waals surface area contributed by atoms with Gasteiger partial charge in [-0.15, -0.1) is 0 Å². The number of hydrogen-bond acceptors (Lipinski definition) is 16. The number of methoxy groups -OCH3 is 2. The maximum absolute atomic E-state index is 14.2. The number of esters is 2. The number of halogens is 15. The van der Waals surface area contributed by atoms with Crippen LogP contribution in [0.15, 0.2) is 91.0 Å². The van der Waals surface area contributed by atoms with Crippen molar-refractivity contribution in [3.8, 4) is 5.75 Å². The highest BCUT2D eigenvalue weighted by Gasteiger charge is 2.55. The number of rotatable bonds is 24. The fraction of sp³-hybridized carbons (Fsp3) is 0.571. The van der Waals surface area contributed by atoms with Gasteiger partial charge < -0.3 is 49.4 Å². The van der Waals surface area contributed by atoms with E-state index in [1.807, 2.05) is 0 Å². The monoisotopic (exact) mass is 1920 g/mol. The minimum Gasteiger partial charge on any atom is -0.479 e. The summed E-state index contributed by atoms with van der Waals surface area (Å²) < 4.78 is 180. The van der Waals surface area contributed by atoms with Gasteiger partial charge in [-0.1, -0.05) is 73.8 Å². The molecule has 3 aliphatic carbocycles. The number of aliphatic hydroxyl groups excluding tert-OH is 2. The van der Waals surface area contributed by atoms with Crippen LogP contribution in [-0.2, 0) is 90.8 Å². The minimum atomic E-state index is -4.52. The molecule has 3 saturated carbocycles. The van der Waals surface area contributed by atoms with E-state index >= 15 is 0 Å². The van der Waals surface area contributed by atoms with E-state index in [4.69, 9.17) is 53.8 Å². The molecule has 7 fully saturated rings. The molecule has 12 atom stereocenters. The minimum absolute atomic E-state index is 0.0182. The third-order valence-electron chi connectivity index (χ3n) is 28.9. The van der Waals surface area contributed by atoms with E-state index < -0.39 is 76.2 Å². The first kappa shape index (κ1) is 101. The molecule has 0 aromatic heterocycles. The van der Waals surface area contributed by atoms with Gasteiger partial charge in [0.1, 0.15) is 11.6 Å². The first-order valence-corrected chi connectivity index (χ1v) is 46.8. The summed E-state index contributed by atoms with van der Waals surface area (Å²) in [5, 5.41) is 33.8. The second-order valence-electron chi connectivity index (χ2n) is 37.4. The van der Waals surface area contributed by atoms with Crippen LogP contribution in [-0.4, -0.2) is 193 Å². The quantitative estimate of drug-likeness (QED) is 0.0251. The molecule has 0 spiro atoms. The van der Waals surface area contributed by atoms with Crippen molar-refractivity contribution in [1.29, 1.82) is 0 Å². The van der Waals surface area contributed by atoms with Crippen molar-refractivity contribution >= 4 is 71.0 Å². The number of amides is 2. The van der Waals surface area contributed by atoms with Gasteiger partial charge in [0, 0.05) is 97.4 Å². The Morgan fingerprint density at radius 2 is 0.939 bits per heavy atom. The second kappa shape index (κ2) is 43.5. The van der Waals surface area contributed by atoms with Crippen molar-refractivity contribution in [2.45, 2.75) is 216 Å². The van der Waals surface area contributed by atoms with Crippen LogP contribution in [0.3, 0.4) is 0 Å². The SMILES string of the molecule is COC(=O)c1cc([C@H]2CCN([C@@H](CO)CC[C@@H](C(=O)N3CCc4c(Cl)cc(C(F)(F)F)cc4C3)C3CC3)C[C@@H]2C)ccc1F.COC(=O)c1cc([C@H]2CCN([C@@H]3CC[C@@](C(=O)O)(C4CC4)OC3)C[C@@H]2C)ccc1F.C[C@H]1CN([C@@H](CO)CC[C@@H](C(=O)N2CCc3c(Cl)cc(C(F)(F)F)cc3C2)C2CC2)CC[C@@H]1c1ccc(F)c(OC=O)c1.FC(F)(F)c1cc(Cl)c2c(c1)CNCC2. The van der Waals surface area contributed by atoms with Gasteiger partial charge in [0.25, 0.3) is 6.47 Å². The number of ether oxygens (including phenoxy) is 4. The molecule has 16 rings (SSSR count). The zero-order valence-corrected chi connectivity index (χ0v) is 76.8. The molecule has 0 unspecified atom stereocenters. The molecule has 4 N–H and O–H groups in total. The van der Waals surface area contributed by atoms with Crippen molar-refractivity contribution in [2.24, 2.45) is 47.3 Å². The molecule has 2 amide bonds.